The molecule has 2 amide bonds. The lowest BCUT2D eigenvalue weighted by atomic mass is 10.2. The van der Waals surface area contributed by atoms with E-state index in [0.717, 1.165) is 6.08 Å². The van der Waals surface area contributed by atoms with Crippen LogP contribution >= 0.6 is 11.6 Å². The minimum absolute atomic E-state index is 0.170. The third kappa shape index (κ3) is 4.57. The Morgan fingerprint density at radius 3 is 2.62 bits per heavy atom. The van der Waals surface area contributed by atoms with Crippen molar-refractivity contribution in [1.82, 2.24) is 10.9 Å². The summed E-state index contributed by atoms with van der Waals surface area (Å²) in [6.45, 7) is 0. The molecule has 2 aromatic carbocycles. The standard InChI is InChI=1S/C17H14ClFN2O3/c1-24-15-8-7-12(18)10-13(15)17(23)21-20-16(22)9-6-11-4-2-3-5-14(11)19/h2-10H,1H3,(H,20,22)(H,21,23)/b9-6+. The van der Waals surface area contributed by atoms with Crippen LogP contribution in [0.4, 0.5) is 4.39 Å². The van der Waals surface area contributed by atoms with Gasteiger partial charge in [0.05, 0.1) is 12.7 Å². The fourth-order valence-electron chi connectivity index (χ4n) is 1.86. The third-order valence-electron chi connectivity index (χ3n) is 3.02. The van der Waals surface area contributed by atoms with E-state index >= 15 is 0 Å². The van der Waals surface area contributed by atoms with E-state index in [-0.39, 0.29) is 11.1 Å². The zero-order valence-corrected chi connectivity index (χ0v) is 13.4. The molecule has 0 saturated carbocycles. The maximum atomic E-state index is 13.4. The molecule has 2 aromatic rings. The van der Waals surface area contributed by atoms with Gasteiger partial charge in [-0.2, -0.15) is 0 Å². The predicted octanol–water partition coefficient (Wildman–Crippen LogP) is 2.96. The molecule has 0 spiro atoms. The van der Waals surface area contributed by atoms with Crippen LogP contribution in [0.1, 0.15) is 15.9 Å². The first-order chi connectivity index (χ1) is 11.5. The molecule has 0 aromatic heterocycles. The number of hydrazine groups is 1. The van der Waals surface area contributed by atoms with E-state index in [1.165, 1.54) is 37.5 Å². The Labute approximate surface area is 143 Å². The molecule has 2 N–H and O–H groups in total. The van der Waals surface area contributed by atoms with Crippen LogP contribution in [0.5, 0.6) is 5.75 Å². The molecule has 24 heavy (non-hydrogen) atoms. The number of rotatable bonds is 4. The summed E-state index contributed by atoms with van der Waals surface area (Å²) in [6.07, 6.45) is 2.41. The number of nitrogens with one attached hydrogen (secondary N) is 2. The van der Waals surface area contributed by atoms with Gasteiger partial charge in [-0.3, -0.25) is 20.4 Å². The molecule has 0 radical (unpaired) electrons. The molecule has 0 aliphatic heterocycles. The normalized spacial score (nSPS) is 10.5. The van der Waals surface area contributed by atoms with Gasteiger partial charge in [0.15, 0.2) is 0 Å². The van der Waals surface area contributed by atoms with Gasteiger partial charge >= 0.3 is 0 Å². The Balaban J connectivity index is 1.98. The molecule has 0 bridgehead atoms. The average Bonchev–Trinajstić information content (AvgIpc) is 2.59. The van der Waals surface area contributed by atoms with Gasteiger partial charge < -0.3 is 4.74 Å². The molecule has 7 heteroatoms. The summed E-state index contributed by atoms with van der Waals surface area (Å²) in [7, 11) is 1.41. The molecule has 0 aliphatic carbocycles. The molecule has 2 rings (SSSR count). The lowest BCUT2D eigenvalue weighted by Gasteiger charge is -2.09. The van der Waals surface area contributed by atoms with Crippen LogP contribution in [-0.4, -0.2) is 18.9 Å². The van der Waals surface area contributed by atoms with Gasteiger partial charge in [-0.1, -0.05) is 29.8 Å². The van der Waals surface area contributed by atoms with Crippen LogP contribution < -0.4 is 15.6 Å². The van der Waals surface area contributed by atoms with Gasteiger partial charge in [0.1, 0.15) is 11.6 Å². The van der Waals surface area contributed by atoms with Crippen molar-refractivity contribution in [2.45, 2.75) is 0 Å². The fraction of sp³-hybridized carbons (Fsp3) is 0.0588. The van der Waals surface area contributed by atoms with Gasteiger partial charge in [-0.25, -0.2) is 4.39 Å². The van der Waals surface area contributed by atoms with Crippen molar-refractivity contribution in [3.8, 4) is 5.75 Å². The second-order valence-electron chi connectivity index (χ2n) is 4.64. The Hall–Kier alpha value is -2.86. The zero-order chi connectivity index (χ0) is 17.5. The van der Waals surface area contributed by atoms with E-state index in [4.69, 9.17) is 16.3 Å². The van der Waals surface area contributed by atoms with Crippen molar-refractivity contribution in [2.24, 2.45) is 0 Å². The van der Waals surface area contributed by atoms with E-state index in [1.54, 1.807) is 18.2 Å². The van der Waals surface area contributed by atoms with Crippen LogP contribution in [0.3, 0.4) is 0 Å². The number of methoxy groups -OCH3 is 1. The lowest BCUT2D eigenvalue weighted by molar-refractivity contribution is -0.117. The first-order valence-electron chi connectivity index (χ1n) is 6.87. The predicted molar refractivity (Wildman–Crippen MR) is 89.0 cm³/mol. The number of halogens is 2. The summed E-state index contributed by atoms with van der Waals surface area (Å²) in [4.78, 5) is 23.8. The van der Waals surface area contributed by atoms with Crippen molar-refractivity contribution in [2.75, 3.05) is 7.11 Å². The molecule has 5 nitrogen and oxygen atoms in total. The van der Waals surface area contributed by atoms with Crippen molar-refractivity contribution < 1.29 is 18.7 Å². The average molecular weight is 349 g/mol. The highest BCUT2D eigenvalue weighted by molar-refractivity contribution is 6.31. The molecule has 0 atom stereocenters. The van der Waals surface area contributed by atoms with Crippen LogP contribution in [0.2, 0.25) is 5.02 Å². The highest BCUT2D eigenvalue weighted by atomic mass is 35.5. The molecular formula is C17H14ClFN2O3. The van der Waals surface area contributed by atoms with Gasteiger partial charge in [-0.15, -0.1) is 0 Å². The smallest absolute Gasteiger partial charge is 0.273 e. The number of ether oxygens (including phenoxy) is 1. The summed E-state index contributed by atoms with van der Waals surface area (Å²) < 4.78 is 18.5. The lowest BCUT2D eigenvalue weighted by Crippen LogP contribution is -2.40. The topological polar surface area (TPSA) is 67.4 Å². The first kappa shape index (κ1) is 17.5. The number of carbonyl (C=O) groups is 2. The monoisotopic (exact) mass is 348 g/mol. The zero-order valence-electron chi connectivity index (χ0n) is 12.7. The van der Waals surface area contributed by atoms with Crippen LogP contribution in [0.15, 0.2) is 48.5 Å². The summed E-state index contributed by atoms with van der Waals surface area (Å²) in [5.74, 6) is -1.35. The van der Waals surface area contributed by atoms with Crippen molar-refractivity contribution in [1.29, 1.82) is 0 Å². The summed E-state index contributed by atoms with van der Waals surface area (Å²) >= 11 is 5.84. The summed E-state index contributed by atoms with van der Waals surface area (Å²) in [6, 6.07) is 10.5. The third-order valence-corrected chi connectivity index (χ3v) is 3.26. The molecule has 0 fully saturated rings. The first-order valence-corrected chi connectivity index (χ1v) is 7.25. The number of hydrogen-bond donors (Lipinski definition) is 2. The quantitative estimate of drug-likeness (QED) is 0.659. The van der Waals surface area contributed by atoms with Crippen molar-refractivity contribution in [3.05, 3.63) is 70.5 Å². The molecule has 0 aliphatic rings. The summed E-state index contributed by atoms with van der Waals surface area (Å²) in [5, 5.41) is 0.353. The molecule has 0 saturated heterocycles. The second kappa shape index (κ2) is 8.12. The molecule has 124 valence electrons. The Bertz CT molecular complexity index is 793. The van der Waals surface area contributed by atoms with Crippen LogP contribution in [0.25, 0.3) is 6.08 Å². The minimum Gasteiger partial charge on any atom is -0.496 e. The maximum Gasteiger partial charge on any atom is 0.273 e. The van der Waals surface area contributed by atoms with Crippen LogP contribution in [0, 0.1) is 5.82 Å². The number of carbonyl (C=O) groups excluding carboxylic acids is 2. The van der Waals surface area contributed by atoms with E-state index < -0.39 is 17.6 Å². The van der Waals surface area contributed by atoms with Gasteiger partial charge in [-0.05, 0) is 30.3 Å². The highest BCUT2D eigenvalue weighted by Gasteiger charge is 2.13. The van der Waals surface area contributed by atoms with E-state index in [2.05, 4.69) is 10.9 Å². The van der Waals surface area contributed by atoms with E-state index in [9.17, 15) is 14.0 Å². The van der Waals surface area contributed by atoms with E-state index in [1.807, 2.05) is 0 Å². The number of benzene rings is 2. The van der Waals surface area contributed by atoms with Gasteiger partial charge in [0.25, 0.3) is 11.8 Å². The number of hydrogen-bond acceptors (Lipinski definition) is 3. The fourth-order valence-corrected chi connectivity index (χ4v) is 2.03. The Kier molecular flexibility index (Phi) is 5.92. The second-order valence-corrected chi connectivity index (χ2v) is 5.08. The van der Waals surface area contributed by atoms with Gasteiger partial charge in [0.2, 0.25) is 0 Å². The summed E-state index contributed by atoms with van der Waals surface area (Å²) in [5.41, 5.74) is 4.85. The van der Waals surface area contributed by atoms with Gasteiger partial charge in [0, 0.05) is 16.7 Å². The Morgan fingerprint density at radius 1 is 1.17 bits per heavy atom. The van der Waals surface area contributed by atoms with Crippen molar-refractivity contribution >= 4 is 29.5 Å². The SMILES string of the molecule is COc1ccc(Cl)cc1C(=O)NNC(=O)/C=C/c1ccccc1F. The molecular weight excluding hydrogens is 335 g/mol. The minimum atomic E-state index is -0.618. The van der Waals surface area contributed by atoms with Crippen molar-refractivity contribution in [3.63, 3.8) is 0 Å². The van der Waals surface area contributed by atoms with E-state index in [0.29, 0.717) is 10.8 Å². The maximum absolute atomic E-state index is 13.4. The van der Waals surface area contributed by atoms with Crippen LogP contribution in [-0.2, 0) is 4.79 Å². The highest BCUT2D eigenvalue weighted by Crippen LogP contribution is 2.22. The molecule has 0 unspecified atom stereocenters. The Morgan fingerprint density at radius 2 is 1.92 bits per heavy atom. The number of amides is 2. The molecule has 0 heterocycles. The largest absolute Gasteiger partial charge is 0.496 e.